The number of fused-ring (bicyclic) bond motifs is 5. The summed E-state index contributed by atoms with van der Waals surface area (Å²) in [5, 5.41) is 26.1. The molecule has 0 radical (unpaired) electrons. The normalized spacial score (nSPS) is 11.6. The van der Waals surface area contributed by atoms with Crippen molar-refractivity contribution in [3.05, 3.63) is 71.8 Å². The zero-order chi connectivity index (χ0) is 16.5. The monoisotopic (exact) mass is 316 g/mol. The Balaban J connectivity index is 2.10. The molecule has 0 atom stereocenters. The predicted molar refractivity (Wildman–Crippen MR) is 101 cm³/mol. The van der Waals surface area contributed by atoms with Crippen molar-refractivity contribution in [2.24, 2.45) is 0 Å². The molecule has 0 aliphatic carbocycles. The Kier molecular flexibility index (Phi) is 3.93. The Hall–Kier alpha value is -2.42. The van der Waals surface area contributed by atoms with E-state index in [-0.39, 0.29) is 13.2 Å². The molecule has 4 aromatic rings. The van der Waals surface area contributed by atoms with Gasteiger partial charge in [-0.15, -0.1) is 0 Å². The summed E-state index contributed by atoms with van der Waals surface area (Å²) in [7, 11) is 0. The minimum atomic E-state index is 0.132. The molecule has 120 valence electrons. The summed E-state index contributed by atoms with van der Waals surface area (Å²) in [6.07, 6.45) is 1.27. The van der Waals surface area contributed by atoms with Crippen molar-refractivity contribution in [1.82, 2.24) is 0 Å². The number of rotatable bonds is 4. The number of aliphatic hydroxyl groups is 2. The number of benzene rings is 4. The van der Waals surface area contributed by atoms with Crippen LogP contribution in [0.4, 0.5) is 0 Å². The molecular formula is C22H20O2. The van der Waals surface area contributed by atoms with Gasteiger partial charge in [-0.25, -0.2) is 0 Å². The summed E-state index contributed by atoms with van der Waals surface area (Å²) < 4.78 is 0. The molecule has 0 amide bonds. The van der Waals surface area contributed by atoms with Crippen LogP contribution in [0.2, 0.25) is 0 Å². The number of aliphatic hydroxyl groups excluding tert-OH is 2. The number of hydrogen-bond donors (Lipinski definition) is 2. The molecule has 0 aliphatic heterocycles. The fourth-order valence-corrected chi connectivity index (χ4v) is 3.68. The molecule has 0 aromatic heterocycles. The van der Waals surface area contributed by atoms with Gasteiger partial charge in [0.1, 0.15) is 0 Å². The Morgan fingerprint density at radius 1 is 0.583 bits per heavy atom. The van der Waals surface area contributed by atoms with Crippen molar-refractivity contribution in [2.45, 2.75) is 12.8 Å². The van der Waals surface area contributed by atoms with Crippen LogP contribution in [0.15, 0.2) is 60.7 Å². The van der Waals surface area contributed by atoms with Gasteiger partial charge >= 0.3 is 0 Å². The van der Waals surface area contributed by atoms with E-state index in [4.69, 9.17) is 0 Å². The third-order valence-corrected chi connectivity index (χ3v) is 4.78. The second-order valence-corrected chi connectivity index (χ2v) is 6.24. The van der Waals surface area contributed by atoms with Crippen molar-refractivity contribution in [3.63, 3.8) is 0 Å². The molecule has 2 heteroatoms. The molecule has 2 N–H and O–H groups in total. The lowest BCUT2D eigenvalue weighted by Crippen LogP contribution is -1.97. The van der Waals surface area contributed by atoms with E-state index in [1.807, 2.05) is 0 Å². The maximum absolute atomic E-state index is 9.41. The number of hydrogen-bond acceptors (Lipinski definition) is 2. The lowest BCUT2D eigenvalue weighted by molar-refractivity contribution is 0.298. The molecule has 0 unspecified atom stereocenters. The summed E-state index contributed by atoms with van der Waals surface area (Å²) in [4.78, 5) is 0. The van der Waals surface area contributed by atoms with Crippen molar-refractivity contribution in [1.29, 1.82) is 0 Å². The minimum absolute atomic E-state index is 0.132. The molecule has 0 spiro atoms. The van der Waals surface area contributed by atoms with Gasteiger partial charge in [-0.3, -0.25) is 0 Å². The van der Waals surface area contributed by atoms with Gasteiger partial charge in [-0.2, -0.15) is 0 Å². The molecule has 0 aliphatic rings. The van der Waals surface area contributed by atoms with E-state index in [0.29, 0.717) is 12.8 Å². The van der Waals surface area contributed by atoms with E-state index in [2.05, 4.69) is 60.7 Å². The second kappa shape index (κ2) is 6.23. The summed E-state index contributed by atoms with van der Waals surface area (Å²) in [5.74, 6) is 0. The molecule has 4 aromatic carbocycles. The van der Waals surface area contributed by atoms with Gasteiger partial charge in [-0.1, -0.05) is 60.7 Å². The highest BCUT2D eigenvalue weighted by molar-refractivity contribution is 6.17. The van der Waals surface area contributed by atoms with Gasteiger partial charge in [-0.05, 0) is 56.3 Å². The highest BCUT2D eigenvalue weighted by Crippen LogP contribution is 2.33. The van der Waals surface area contributed by atoms with Crippen LogP contribution >= 0.6 is 0 Å². The first-order valence-corrected chi connectivity index (χ1v) is 8.39. The fraction of sp³-hybridized carbons (Fsp3) is 0.182. The molecule has 0 saturated heterocycles. The smallest absolute Gasteiger partial charge is 0.0471 e. The van der Waals surface area contributed by atoms with Crippen LogP contribution in [0.3, 0.4) is 0 Å². The van der Waals surface area contributed by atoms with Crippen LogP contribution in [0.25, 0.3) is 32.3 Å². The molecule has 0 fully saturated rings. The highest BCUT2D eigenvalue weighted by atomic mass is 16.3. The third-order valence-electron chi connectivity index (χ3n) is 4.78. The lowest BCUT2D eigenvalue weighted by atomic mass is 9.92. The van der Waals surface area contributed by atoms with Crippen LogP contribution in [0.5, 0.6) is 0 Å². The van der Waals surface area contributed by atoms with Crippen molar-refractivity contribution in [3.8, 4) is 0 Å². The highest BCUT2D eigenvalue weighted by Gasteiger charge is 2.09. The van der Waals surface area contributed by atoms with E-state index >= 15 is 0 Å². The van der Waals surface area contributed by atoms with E-state index in [1.165, 1.54) is 32.3 Å². The first kappa shape index (κ1) is 15.1. The maximum Gasteiger partial charge on any atom is 0.0471 e. The lowest BCUT2D eigenvalue weighted by Gasteiger charge is -2.13. The molecule has 24 heavy (non-hydrogen) atoms. The second-order valence-electron chi connectivity index (χ2n) is 6.24. The zero-order valence-corrected chi connectivity index (χ0v) is 13.5. The molecule has 4 rings (SSSR count). The van der Waals surface area contributed by atoms with Gasteiger partial charge in [0.2, 0.25) is 0 Å². The Labute approximate surface area is 141 Å². The van der Waals surface area contributed by atoms with E-state index < -0.39 is 0 Å². The standard InChI is InChI=1S/C22H20O2/c23-11-9-15-13-17(10-12-24)19-7-8-20-18-4-2-1-3-16(18)5-6-21(20)22(19)14-15/h1-8,13-14,23-24H,9-12H2. The van der Waals surface area contributed by atoms with E-state index in [9.17, 15) is 10.2 Å². The molecule has 0 heterocycles. The van der Waals surface area contributed by atoms with Crippen molar-refractivity contribution in [2.75, 3.05) is 13.2 Å². The van der Waals surface area contributed by atoms with Gasteiger partial charge in [0, 0.05) is 13.2 Å². The van der Waals surface area contributed by atoms with Crippen LogP contribution < -0.4 is 0 Å². The quantitative estimate of drug-likeness (QED) is 0.554. The molecule has 0 saturated carbocycles. The van der Waals surface area contributed by atoms with Gasteiger partial charge in [0.25, 0.3) is 0 Å². The summed E-state index contributed by atoms with van der Waals surface area (Å²) >= 11 is 0. The first-order chi connectivity index (χ1) is 11.8. The van der Waals surface area contributed by atoms with Crippen molar-refractivity contribution >= 4 is 32.3 Å². The first-order valence-electron chi connectivity index (χ1n) is 8.39. The summed E-state index contributed by atoms with van der Waals surface area (Å²) in [5.41, 5.74) is 2.27. The zero-order valence-electron chi connectivity index (χ0n) is 13.5. The van der Waals surface area contributed by atoms with Crippen LogP contribution in [-0.4, -0.2) is 23.4 Å². The largest absolute Gasteiger partial charge is 0.396 e. The summed E-state index contributed by atoms with van der Waals surface area (Å²) in [6.45, 7) is 0.269. The Morgan fingerprint density at radius 3 is 2.12 bits per heavy atom. The average molecular weight is 316 g/mol. The molecular weight excluding hydrogens is 296 g/mol. The predicted octanol–water partition coefficient (Wildman–Crippen LogP) is 4.22. The minimum Gasteiger partial charge on any atom is -0.396 e. The Morgan fingerprint density at radius 2 is 1.29 bits per heavy atom. The maximum atomic E-state index is 9.41. The van der Waals surface area contributed by atoms with E-state index in [1.54, 1.807) is 0 Å². The van der Waals surface area contributed by atoms with Gasteiger partial charge in [0.15, 0.2) is 0 Å². The average Bonchev–Trinajstić information content (AvgIpc) is 2.62. The van der Waals surface area contributed by atoms with Crippen LogP contribution in [0.1, 0.15) is 11.1 Å². The van der Waals surface area contributed by atoms with Crippen molar-refractivity contribution < 1.29 is 10.2 Å². The van der Waals surface area contributed by atoms with Gasteiger partial charge < -0.3 is 10.2 Å². The molecule has 0 bridgehead atoms. The Bertz CT molecular complexity index is 1030. The fourth-order valence-electron chi connectivity index (χ4n) is 3.68. The SMILES string of the molecule is OCCc1cc(CCO)c2ccc3c4ccccc4ccc3c2c1. The molecule has 2 nitrogen and oxygen atoms in total. The van der Waals surface area contributed by atoms with Gasteiger partial charge in [0.05, 0.1) is 0 Å². The third kappa shape index (κ3) is 2.44. The topological polar surface area (TPSA) is 40.5 Å². The van der Waals surface area contributed by atoms with Crippen LogP contribution in [-0.2, 0) is 12.8 Å². The summed E-state index contributed by atoms with van der Waals surface area (Å²) in [6, 6.07) is 21.4. The van der Waals surface area contributed by atoms with E-state index in [0.717, 1.165) is 11.1 Å². The van der Waals surface area contributed by atoms with Crippen LogP contribution in [0, 0.1) is 0 Å².